The second-order valence-corrected chi connectivity index (χ2v) is 5.67. The molecule has 2 aromatic rings. The summed E-state index contributed by atoms with van der Waals surface area (Å²) in [6, 6.07) is 15.8. The van der Waals surface area contributed by atoms with E-state index in [0.29, 0.717) is 13.1 Å². The van der Waals surface area contributed by atoms with Crippen LogP contribution in [0, 0.1) is 0 Å². The number of nitrogens with one attached hydrogen (secondary N) is 1. The predicted octanol–water partition coefficient (Wildman–Crippen LogP) is 3.61. The zero-order valence-electron chi connectivity index (χ0n) is 11.7. The van der Waals surface area contributed by atoms with Crippen molar-refractivity contribution < 1.29 is 4.79 Å². The monoisotopic (exact) mass is 300 g/mol. The Hall–Kier alpha value is -2.00. The molecule has 0 fully saturated rings. The van der Waals surface area contributed by atoms with Gasteiger partial charge in [0.05, 0.1) is 0 Å². The molecule has 0 atom stereocenters. The van der Waals surface area contributed by atoms with Gasteiger partial charge in [-0.25, -0.2) is 4.79 Å². The number of fused-ring (bicyclic) bond motifs is 1. The molecule has 4 heteroatoms. The molecule has 1 heterocycles. The number of urea groups is 1. The Morgan fingerprint density at radius 3 is 2.76 bits per heavy atom. The van der Waals surface area contributed by atoms with Crippen LogP contribution in [0.3, 0.4) is 0 Å². The van der Waals surface area contributed by atoms with Gasteiger partial charge in [-0.1, -0.05) is 48.0 Å². The van der Waals surface area contributed by atoms with Crippen molar-refractivity contribution in [2.75, 3.05) is 6.54 Å². The third-order valence-electron chi connectivity index (χ3n) is 3.75. The van der Waals surface area contributed by atoms with E-state index in [9.17, 15) is 4.79 Å². The van der Waals surface area contributed by atoms with Gasteiger partial charge in [0.15, 0.2) is 0 Å². The maximum Gasteiger partial charge on any atom is 0.317 e. The van der Waals surface area contributed by atoms with Gasteiger partial charge >= 0.3 is 6.03 Å². The van der Waals surface area contributed by atoms with Crippen LogP contribution < -0.4 is 5.32 Å². The summed E-state index contributed by atoms with van der Waals surface area (Å²) in [5, 5.41) is 3.69. The lowest BCUT2D eigenvalue weighted by atomic mass is 10.0. The molecule has 3 nitrogen and oxygen atoms in total. The van der Waals surface area contributed by atoms with Gasteiger partial charge in [-0.15, -0.1) is 0 Å². The molecule has 0 radical (unpaired) electrons. The number of rotatable bonds is 2. The molecule has 0 aliphatic carbocycles. The van der Waals surface area contributed by atoms with Crippen LogP contribution in [0.4, 0.5) is 4.79 Å². The highest BCUT2D eigenvalue weighted by Gasteiger charge is 2.20. The lowest BCUT2D eigenvalue weighted by Gasteiger charge is -2.29. The first-order valence-corrected chi connectivity index (χ1v) is 7.44. The number of carbonyl (C=O) groups excluding carboxylic acids is 1. The predicted molar refractivity (Wildman–Crippen MR) is 84.2 cm³/mol. The number of hydrogen-bond acceptors (Lipinski definition) is 1. The summed E-state index contributed by atoms with van der Waals surface area (Å²) in [4.78, 5) is 14.1. The Morgan fingerprint density at radius 2 is 1.95 bits per heavy atom. The molecule has 0 spiro atoms. The van der Waals surface area contributed by atoms with Crippen LogP contribution in [0.1, 0.15) is 16.7 Å². The third kappa shape index (κ3) is 3.37. The van der Waals surface area contributed by atoms with Crippen LogP contribution >= 0.6 is 11.6 Å². The van der Waals surface area contributed by atoms with Gasteiger partial charge in [-0.05, 0) is 35.2 Å². The van der Waals surface area contributed by atoms with Gasteiger partial charge in [-0.3, -0.25) is 0 Å². The highest BCUT2D eigenvalue weighted by molar-refractivity contribution is 6.30. The zero-order valence-corrected chi connectivity index (χ0v) is 12.4. The average Bonchev–Trinajstić information content (AvgIpc) is 2.53. The molecule has 1 aliphatic rings. The zero-order chi connectivity index (χ0) is 14.7. The van der Waals surface area contributed by atoms with Crippen LogP contribution in [0.5, 0.6) is 0 Å². The number of carbonyl (C=O) groups is 1. The first kappa shape index (κ1) is 14.0. The fourth-order valence-corrected chi connectivity index (χ4v) is 2.78. The maximum atomic E-state index is 12.2. The van der Waals surface area contributed by atoms with Crippen molar-refractivity contribution in [2.24, 2.45) is 0 Å². The molecule has 2 aromatic carbocycles. The lowest BCUT2D eigenvalue weighted by molar-refractivity contribution is 0.192. The summed E-state index contributed by atoms with van der Waals surface area (Å²) in [5.74, 6) is 0. The first-order valence-electron chi connectivity index (χ1n) is 7.06. The Balaban J connectivity index is 1.61. The third-order valence-corrected chi connectivity index (χ3v) is 3.99. The molecule has 1 N–H and O–H groups in total. The molecule has 0 bridgehead atoms. The van der Waals surface area contributed by atoms with E-state index < -0.39 is 0 Å². The molecule has 2 amide bonds. The summed E-state index contributed by atoms with van der Waals surface area (Å²) >= 11 is 6.03. The first-order chi connectivity index (χ1) is 10.2. The molecule has 3 rings (SSSR count). The highest BCUT2D eigenvalue weighted by Crippen LogP contribution is 2.22. The van der Waals surface area contributed by atoms with E-state index in [1.807, 2.05) is 47.4 Å². The Kier molecular flexibility index (Phi) is 4.11. The number of amides is 2. The lowest BCUT2D eigenvalue weighted by Crippen LogP contribution is -2.42. The fraction of sp³-hybridized carbons (Fsp3) is 0.235. The second-order valence-electron chi connectivity index (χ2n) is 5.23. The minimum Gasteiger partial charge on any atom is -0.334 e. The number of benzene rings is 2. The van der Waals surface area contributed by atoms with Crippen LogP contribution in [-0.4, -0.2) is 17.5 Å². The number of halogens is 1. The fourth-order valence-electron chi connectivity index (χ4n) is 2.58. The number of hydrogen-bond donors (Lipinski definition) is 1. The maximum absolute atomic E-state index is 12.2. The normalized spacial score (nSPS) is 13.7. The largest absolute Gasteiger partial charge is 0.334 e. The Bertz CT molecular complexity index is 642. The Labute approximate surface area is 129 Å². The van der Waals surface area contributed by atoms with Crippen LogP contribution in [0.2, 0.25) is 5.02 Å². The minimum absolute atomic E-state index is 0.0236. The number of nitrogens with zero attached hydrogens (tertiary/aromatic N) is 1. The van der Waals surface area contributed by atoms with E-state index >= 15 is 0 Å². The standard InChI is InChI=1S/C17H17ClN2O/c18-16-7-6-14-8-9-20(12-15(14)10-16)17(21)19-11-13-4-2-1-3-5-13/h1-7,10H,8-9,11-12H2,(H,19,21). The molecule has 0 saturated carbocycles. The molecule has 0 saturated heterocycles. The summed E-state index contributed by atoms with van der Waals surface area (Å²) in [7, 11) is 0. The molecule has 1 aliphatic heterocycles. The molecule has 108 valence electrons. The van der Waals surface area contributed by atoms with E-state index in [0.717, 1.165) is 29.1 Å². The molecule has 21 heavy (non-hydrogen) atoms. The summed E-state index contributed by atoms with van der Waals surface area (Å²) in [5.41, 5.74) is 3.53. The van der Waals surface area contributed by atoms with Gasteiger partial charge < -0.3 is 10.2 Å². The van der Waals surface area contributed by atoms with Gasteiger partial charge in [-0.2, -0.15) is 0 Å². The van der Waals surface area contributed by atoms with Crippen molar-refractivity contribution in [3.63, 3.8) is 0 Å². The van der Waals surface area contributed by atoms with E-state index in [-0.39, 0.29) is 6.03 Å². The van der Waals surface area contributed by atoms with Crippen molar-refractivity contribution in [1.82, 2.24) is 10.2 Å². The van der Waals surface area contributed by atoms with Gasteiger partial charge in [0.25, 0.3) is 0 Å². The minimum atomic E-state index is -0.0236. The van der Waals surface area contributed by atoms with Crippen molar-refractivity contribution in [1.29, 1.82) is 0 Å². The summed E-state index contributed by atoms with van der Waals surface area (Å²) < 4.78 is 0. The highest BCUT2D eigenvalue weighted by atomic mass is 35.5. The van der Waals surface area contributed by atoms with Crippen molar-refractivity contribution >= 4 is 17.6 Å². The SMILES string of the molecule is O=C(NCc1ccccc1)N1CCc2ccc(Cl)cc2C1. The van der Waals surface area contributed by atoms with Crippen LogP contribution in [0.15, 0.2) is 48.5 Å². The smallest absolute Gasteiger partial charge is 0.317 e. The van der Waals surface area contributed by atoms with Gasteiger partial charge in [0.1, 0.15) is 0 Å². The summed E-state index contributed by atoms with van der Waals surface area (Å²) in [6.07, 6.45) is 0.880. The van der Waals surface area contributed by atoms with Crippen molar-refractivity contribution in [2.45, 2.75) is 19.5 Å². The van der Waals surface area contributed by atoms with E-state index in [2.05, 4.69) is 11.4 Å². The molecule has 0 unspecified atom stereocenters. The van der Waals surface area contributed by atoms with Crippen molar-refractivity contribution in [3.05, 3.63) is 70.2 Å². The van der Waals surface area contributed by atoms with E-state index in [1.54, 1.807) is 0 Å². The van der Waals surface area contributed by atoms with Gasteiger partial charge in [0.2, 0.25) is 0 Å². The topological polar surface area (TPSA) is 32.3 Å². The van der Waals surface area contributed by atoms with Gasteiger partial charge in [0, 0.05) is 24.7 Å². The molecular formula is C17H17ClN2O. The molecular weight excluding hydrogens is 284 g/mol. The van der Waals surface area contributed by atoms with Crippen molar-refractivity contribution in [3.8, 4) is 0 Å². The Morgan fingerprint density at radius 1 is 1.14 bits per heavy atom. The molecule has 0 aromatic heterocycles. The van der Waals surface area contributed by atoms with Crippen LogP contribution in [0.25, 0.3) is 0 Å². The van der Waals surface area contributed by atoms with E-state index in [4.69, 9.17) is 11.6 Å². The van der Waals surface area contributed by atoms with Crippen LogP contribution in [-0.2, 0) is 19.5 Å². The quantitative estimate of drug-likeness (QED) is 0.903. The van der Waals surface area contributed by atoms with E-state index in [1.165, 1.54) is 5.56 Å². The summed E-state index contributed by atoms with van der Waals surface area (Å²) in [6.45, 7) is 1.92. The average molecular weight is 301 g/mol. The second kappa shape index (κ2) is 6.19.